The van der Waals surface area contributed by atoms with Crippen molar-refractivity contribution in [2.24, 2.45) is 0 Å². The first kappa shape index (κ1) is 14.5. The fourth-order valence-electron chi connectivity index (χ4n) is 2.12. The molecule has 0 bridgehead atoms. The Morgan fingerprint density at radius 3 is 2.90 bits per heavy atom. The second-order valence-electron chi connectivity index (χ2n) is 4.87. The summed E-state index contributed by atoms with van der Waals surface area (Å²) in [5.74, 6) is -1.27. The minimum Gasteiger partial charge on any atom is -0.394 e. The summed E-state index contributed by atoms with van der Waals surface area (Å²) in [4.78, 5) is 25.1. The van der Waals surface area contributed by atoms with Crippen molar-refractivity contribution in [1.29, 1.82) is 0 Å². The van der Waals surface area contributed by atoms with E-state index in [2.05, 4.69) is 5.32 Å². The van der Waals surface area contributed by atoms with E-state index in [4.69, 9.17) is 5.11 Å². The molecule has 1 fully saturated rings. The molecule has 2 amide bonds. The number of hydrogen-bond donors (Lipinski definition) is 2. The first-order valence-corrected chi connectivity index (χ1v) is 6.54. The number of carbonyl (C=O) groups excluding carboxylic acids is 2. The highest BCUT2D eigenvalue weighted by atomic mass is 19.1. The topological polar surface area (TPSA) is 69.6 Å². The Morgan fingerprint density at radius 2 is 2.30 bits per heavy atom. The van der Waals surface area contributed by atoms with Gasteiger partial charge < -0.3 is 15.3 Å². The Morgan fingerprint density at radius 1 is 1.55 bits per heavy atom. The molecule has 1 atom stereocenters. The van der Waals surface area contributed by atoms with Crippen molar-refractivity contribution in [1.82, 2.24) is 5.32 Å². The van der Waals surface area contributed by atoms with Crippen LogP contribution in [0.25, 0.3) is 0 Å². The summed E-state index contributed by atoms with van der Waals surface area (Å²) in [6, 6.07) is 3.58. The number of aliphatic hydroxyl groups is 1. The molecule has 5 nitrogen and oxygen atoms in total. The van der Waals surface area contributed by atoms with Crippen molar-refractivity contribution in [2.45, 2.75) is 25.8 Å². The summed E-state index contributed by atoms with van der Waals surface area (Å²) < 4.78 is 13.7. The van der Waals surface area contributed by atoms with Crippen LogP contribution in [0.15, 0.2) is 18.2 Å². The van der Waals surface area contributed by atoms with Gasteiger partial charge in [-0.25, -0.2) is 4.39 Å². The van der Waals surface area contributed by atoms with E-state index in [-0.39, 0.29) is 18.1 Å². The molecule has 2 rings (SSSR count). The van der Waals surface area contributed by atoms with Crippen molar-refractivity contribution in [3.63, 3.8) is 0 Å². The van der Waals surface area contributed by atoms with Crippen LogP contribution in [-0.2, 0) is 4.79 Å². The molecular weight excluding hydrogens is 263 g/mol. The van der Waals surface area contributed by atoms with E-state index in [1.165, 1.54) is 18.2 Å². The fourth-order valence-corrected chi connectivity index (χ4v) is 2.12. The minimum absolute atomic E-state index is 0.0216. The average molecular weight is 280 g/mol. The van der Waals surface area contributed by atoms with E-state index in [9.17, 15) is 14.0 Å². The van der Waals surface area contributed by atoms with Gasteiger partial charge in [-0.05, 0) is 31.5 Å². The molecule has 1 aliphatic heterocycles. The third-order valence-corrected chi connectivity index (χ3v) is 3.23. The molecule has 1 aromatic rings. The standard InChI is InChI=1S/C14H17FN2O3/c1-9(8-18)16-14(20)11-7-10(4-5-12(11)15)17-6-2-3-13(17)19/h4-5,7,9,18H,2-3,6,8H2,1H3,(H,16,20). The van der Waals surface area contributed by atoms with Crippen LogP contribution in [0.3, 0.4) is 0 Å². The van der Waals surface area contributed by atoms with Crippen LogP contribution in [-0.4, -0.2) is 36.1 Å². The van der Waals surface area contributed by atoms with Crippen molar-refractivity contribution < 1.29 is 19.1 Å². The first-order chi connectivity index (χ1) is 9.52. The second-order valence-corrected chi connectivity index (χ2v) is 4.87. The molecular formula is C14H17FN2O3. The van der Waals surface area contributed by atoms with Crippen molar-refractivity contribution in [2.75, 3.05) is 18.1 Å². The number of benzene rings is 1. The lowest BCUT2D eigenvalue weighted by molar-refractivity contribution is -0.117. The Bertz CT molecular complexity index is 533. The minimum atomic E-state index is -0.650. The normalized spacial score (nSPS) is 16.4. The number of rotatable bonds is 4. The predicted octanol–water partition coefficient (Wildman–Crippen LogP) is 1.06. The fraction of sp³-hybridized carbons (Fsp3) is 0.429. The zero-order valence-corrected chi connectivity index (χ0v) is 11.2. The number of halogens is 1. The molecule has 6 heteroatoms. The zero-order chi connectivity index (χ0) is 14.7. The van der Waals surface area contributed by atoms with Crippen LogP contribution < -0.4 is 10.2 Å². The van der Waals surface area contributed by atoms with Crippen molar-refractivity contribution in [3.05, 3.63) is 29.6 Å². The van der Waals surface area contributed by atoms with Gasteiger partial charge in [-0.2, -0.15) is 0 Å². The summed E-state index contributed by atoms with van der Waals surface area (Å²) in [5, 5.41) is 11.4. The average Bonchev–Trinajstić information content (AvgIpc) is 2.85. The molecule has 2 N–H and O–H groups in total. The summed E-state index contributed by atoms with van der Waals surface area (Å²) in [5.41, 5.74) is 0.401. The maximum atomic E-state index is 13.7. The Labute approximate surface area is 116 Å². The lowest BCUT2D eigenvalue weighted by atomic mass is 10.1. The number of nitrogens with zero attached hydrogens (tertiary/aromatic N) is 1. The molecule has 0 aromatic heterocycles. The van der Waals surface area contributed by atoms with Gasteiger partial charge in [0.25, 0.3) is 5.91 Å². The van der Waals surface area contributed by atoms with E-state index in [1.807, 2.05) is 0 Å². The SMILES string of the molecule is CC(CO)NC(=O)c1cc(N2CCCC2=O)ccc1F. The summed E-state index contributed by atoms with van der Waals surface area (Å²) >= 11 is 0. The van der Waals surface area contributed by atoms with Gasteiger partial charge in [0.05, 0.1) is 12.2 Å². The zero-order valence-electron chi connectivity index (χ0n) is 11.2. The summed E-state index contributed by atoms with van der Waals surface area (Å²) in [7, 11) is 0. The number of hydrogen-bond acceptors (Lipinski definition) is 3. The third kappa shape index (κ3) is 2.96. The smallest absolute Gasteiger partial charge is 0.254 e. The van der Waals surface area contributed by atoms with E-state index in [0.717, 1.165) is 6.42 Å². The molecule has 0 aliphatic carbocycles. The van der Waals surface area contributed by atoms with E-state index >= 15 is 0 Å². The van der Waals surface area contributed by atoms with E-state index in [0.29, 0.717) is 18.7 Å². The van der Waals surface area contributed by atoms with E-state index < -0.39 is 17.8 Å². The molecule has 0 radical (unpaired) electrons. The Hall–Kier alpha value is -1.95. The van der Waals surface area contributed by atoms with Crippen molar-refractivity contribution >= 4 is 17.5 Å². The monoisotopic (exact) mass is 280 g/mol. The number of nitrogens with one attached hydrogen (secondary N) is 1. The molecule has 20 heavy (non-hydrogen) atoms. The van der Waals surface area contributed by atoms with Crippen LogP contribution in [0, 0.1) is 5.82 Å². The number of amides is 2. The van der Waals surface area contributed by atoms with Gasteiger partial charge in [0, 0.05) is 24.7 Å². The molecule has 1 aromatic carbocycles. The van der Waals surface area contributed by atoms with Crippen LogP contribution in [0.5, 0.6) is 0 Å². The number of carbonyl (C=O) groups is 2. The number of aliphatic hydroxyl groups excluding tert-OH is 1. The largest absolute Gasteiger partial charge is 0.394 e. The number of anilines is 1. The predicted molar refractivity (Wildman–Crippen MR) is 72.0 cm³/mol. The Balaban J connectivity index is 2.24. The van der Waals surface area contributed by atoms with Crippen LogP contribution in [0.4, 0.5) is 10.1 Å². The quantitative estimate of drug-likeness (QED) is 0.866. The van der Waals surface area contributed by atoms with Crippen LogP contribution in [0.1, 0.15) is 30.1 Å². The molecule has 108 valence electrons. The highest BCUT2D eigenvalue weighted by Crippen LogP contribution is 2.23. The Kier molecular flexibility index (Phi) is 4.34. The maximum absolute atomic E-state index is 13.7. The van der Waals surface area contributed by atoms with Gasteiger partial charge in [-0.3, -0.25) is 9.59 Å². The molecule has 1 saturated heterocycles. The lowest BCUT2D eigenvalue weighted by Crippen LogP contribution is -2.35. The lowest BCUT2D eigenvalue weighted by Gasteiger charge is -2.17. The molecule has 1 aliphatic rings. The third-order valence-electron chi connectivity index (χ3n) is 3.23. The van der Waals surface area contributed by atoms with Crippen LogP contribution in [0.2, 0.25) is 0 Å². The molecule has 1 unspecified atom stereocenters. The summed E-state index contributed by atoms with van der Waals surface area (Å²) in [6.07, 6.45) is 1.24. The van der Waals surface area contributed by atoms with Crippen molar-refractivity contribution in [3.8, 4) is 0 Å². The maximum Gasteiger partial charge on any atom is 0.254 e. The van der Waals surface area contributed by atoms with Crippen LogP contribution >= 0.6 is 0 Å². The second kappa shape index (κ2) is 6.00. The highest BCUT2D eigenvalue weighted by Gasteiger charge is 2.23. The molecule has 0 saturated carbocycles. The summed E-state index contributed by atoms with van der Waals surface area (Å²) in [6.45, 7) is 1.97. The van der Waals surface area contributed by atoms with Gasteiger partial charge >= 0.3 is 0 Å². The molecule has 1 heterocycles. The van der Waals surface area contributed by atoms with Gasteiger partial charge in [0.1, 0.15) is 5.82 Å². The van der Waals surface area contributed by atoms with Gasteiger partial charge in [0.15, 0.2) is 0 Å². The van der Waals surface area contributed by atoms with Gasteiger partial charge in [0.2, 0.25) is 5.91 Å². The van der Waals surface area contributed by atoms with Gasteiger partial charge in [-0.1, -0.05) is 0 Å². The van der Waals surface area contributed by atoms with E-state index in [1.54, 1.807) is 11.8 Å². The molecule has 0 spiro atoms. The van der Waals surface area contributed by atoms with Gasteiger partial charge in [-0.15, -0.1) is 0 Å². The highest BCUT2D eigenvalue weighted by molar-refractivity contribution is 5.99. The first-order valence-electron chi connectivity index (χ1n) is 6.54.